The molecule has 2 atom stereocenters. The first kappa shape index (κ1) is 40.7. The van der Waals surface area contributed by atoms with Crippen LogP contribution in [0.2, 0.25) is 0 Å². The van der Waals surface area contributed by atoms with Gasteiger partial charge >= 0.3 is 12.1 Å². The van der Waals surface area contributed by atoms with Gasteiger partial charge in [-0.2, -0.15) is 0 Å². The first-order valence-electron chi connectivity index (χ1n) is 20.7. The fraction of sp³-hybridized carbons (Fsp3) is 0.391. The van der Waals surface area contributed by atoms with Gasteiger partial charge in [-0.3, -0.25) is 15.2 Å². The molecule has 0 saturated carbocycles. The van der Waals surface area contributed by atoms with E-state index in [4.69, 9.17) is 20.7 Å². The molecule has 4 aliphatic rings. The van der Waals surface area contributed by atoms with Crippen molar-refractivity contribution in [3.63, 3.8) is 0 Å². The van der Waals surface area contributed by atoms with E-state index in [0.717, 1.165) is 52.9 Å². The number of nitrogens with two attached hydrogens (primary N) is 1. The number of nitrogens with one attached hydrogen (secondary N) is 1. The Morgan fingerprint density at radius 1 is 1.03 bits per heavy atom. The number of carbonyl (C=O) groups is 2. The number of hydrogen-bond donors (Lipinski definition) is 5. The van der Waals surface area contributed by atoms with Gasteiger partial charge in [0.05, 0.1) is 22.9 Å². The third-order valence-electron chi connectivity index (χ3n) is 12.9. The average molecular weight is 817 g/mol. The molecule has 0 bridgehead atoms. The predicted octanol–water partition coefficient (Wildman–Crippen LogP) is 6.56. The van der Waals surface area contributed by atoms with Gasteiger partial charge in [0, 0.05) is 55.3 Å². The van der Waals surface area contributed by atoms with Crippen LogP contribution in [0.5, 0.6) is 17.2 Å². The number of rotatable bonds is 8. The maximum absolute atomic E-state index is 13.8. The smallest absolute Gasteiger partial charge is 0.415 e. The van der Waals surface area contributed by atoms with Crippen molar-refractivity contribution < 1.29 is 34.4 Å². The fourth-order valence-corrected chi connectivity index (χ4v) is 9.41. The number of carbonyl (C=O) groups excluding carboxylic acids is 2. The molecule has 4 aliphatic heterocycles. The number of pyridine rings is 1. The standard InChI is InChI=1S/C46H52N6O8/c1-6-30-32-19-29(12-13-37(32)49(5)41-34(30)23-51-38(41)21-36-35(43(51)55)24-59-44(56)46(36,58)7-2)60-45(57)50-16-14-27(15-17-50)18-26-8-10-28(11-9-26)52(48)42(47)33-20-31(25(3)4)39(53)22-40(33)54/h8-13,19-22,25,27,41,47,53-54,58H,6-7,14-18,23-24,48H2,1-5H3. The molecule has 0 spiro atoms. The molecule has 2 unspecified atom stereocenters. The van der Waals surface area contributed by atoms with E-state index in [0.29, 0.717) is 60.1 Å². The number of amidine groups is 1. The summed E-state index contributed by atoms with van der Waals surface area (Å²) in [5.74, 6) is 6.03. The van der Waals surface area contributed by atoms with Crippen LogP contribution in [-0.2, 0) is 34.7 Å². The van der Waals surface area contributed by atoms with Crippen LogP contribution in [0.3, 0.4) is 0 Å². The number of hydrogen-bond acceptors (Lipinski definition) is 11. The van der Waals surface area contributed by atoms with Crippen molar-refractivity contribution in [2.75, 3.05) is 30.0 Å². The van der Waals surface area contributed by atoms with Crippen molar-refractivity contribution in [3.8, 4) is 17.2 Å². The average Bonchev–Trinajstić information content (AvgIpc) is 3.62. The lowest BCUT2D eigenvalue weighted by Gasteiger charge is -2.37. The zero-order valence-electron chi connectivity index (χ0n) is 34.6. The predicted molar refractivity (Wildman–Crippen MR) is 227 cm³/mol. The summed E-state index contributed by atoms with van der Waals surface area (Å²) in [5.41, 5.74) is 5.71. The lowest BCUT2D eigenvalue weighted by atomic mass is 9.84. The van der Waals surface area contributed by atoms with Crippen LogP contribution in [0, 0.1) is 11.3 Å². The Morgan fingerprint density at radius 3 is 2.42 bits per heavy atom. The Morgan fingerprint density at radius 2 is 1.75 bits per heavy atom. The highest BCUT2D eigenvalue weighted by molar-refractivity contribution is 6.09. The van der Waals surface area contributed by atoms with E-state index >= 15 is 0 Å². The number of cyclic esters (lactones) is 1. The second kappa shape index (κ2) is 15.5. The molecular formula is C46H52N6O8. The number of likely N-dealkylation sites (N-methyl/N-ethyl adjacent to an activating group) is 1. The Balaban J connectivity index is 0.909. The van der Waals surface area contributed by atoms with Crippen molar-refractivity contribution in [1.29, 1.82) is 5.41 Å². The van der Waals surface area contributed by atoms with E-state index in [2.05, 4.69) is 11.8 Å². The molecule has 14 nitrogen and oxygen atoms in total. The number of hydrazine groups is 1. The van der Waals surface area contributed by atoms with Gasteiger partial charge in [-0.15, -0.1) is 0 Å². The number of aliphatic hydroxyl groups is 1. The number of piperidine rings is 1. The summed E-state index contributed by atoms with van der Waals surface area (Å²) in [6.07, 6.45) is 2.81. The summed E-state index contributed by atoms with van der Waals surface area (Å²) >= 11 is 0. The zero-order chi connectivity index (χ0) is 42.8. The molecule has 8 rings (SSSR count). The number of esters is 1. The number of benzene rings is 3. The van der Waals surface area contributed by atoms with Crippen LogP contribution < -0.4 is 26.0 Å². The number of likely N-dealkylation sites (tertiary alicyclic amines) is 1. The quantitative estimate of drug-likeness (QED) is 0.0425. The number of allylic oxidation sites excluding steroid dienone is 1. The topological polar surface area (TPSA) is 195 Å². The summed E-state index contributed by atoms with van der Waals surface area (Å²) in [6, 6.07) is 17.7. The summed E-state index contributed by atoms with van der Waals surface area (Å²) in [5, 5.41) is 41.9. The molecule has 0 aliphatic carbocycles. The van der Waals surface area contributed by atoms with Crippen molar-refractivity contribution in [2.24, 2.45) is 11.8 Å². The molecule has 60 heavy (non-hydrogen) atoms. The lowest BCUT2D eigenvalue weighted by molar-refractivity contribution is -0.172. The summed E-state index contributed by atoms with van der Waals surface area (Å²) < 4.78 is 13.0. The van der Waals surface area contributed by atoms with Gasteiger partial charge in [0.25, 0.3) is 5.56 Å². The SMILES string of the molecule is CCC1=C2Cn3c(cc4c(c3=O)COC(=O)C4(O)CC)C2N(C)c2ccc(OC(=O)N3CCC(Cc4ccc(N(N)C(=N)c5cc(C(C)C)c(O)cc5O)cc4)CC3)cc21. The molecule has 4 aromatic rings. The first-order valence-corrected chi connectivity index (χ1v) is 20.7. The number of aromatic hydroxyl groups is 2. The van der Waals surface area contributed by atoms with Crippen LogP contribution in [0.1, 0.15) is 104 Å². The summed E-state index contributed by atoms with van der Waals surface area (Å²) in [4.78, 5) is 43.8. The van der Waals surface area contributed by atoms with E-state index in [1.807, 2.05) is 63.4 Å². The van der Waals surface area contributed by atoms with E-state index in [1.54, 1.807) is 28.5 Å². The van der Waals surface area contributed by atoms with Crippen LogP contribution in [0.25, 0.3) is 5.57 Å². The molecule has 1 aromatic heterocycles. The molecular weight excluding hydrogens is 765 g/mol. The molecule has 314 valence electrons. The number of ether oxygens (including phenoxy) is 2. The normalized spacial score (nSPS) is 19.7. The van der Waals surface area contributed by atoms with Crippen molar-refractivity contribution in [1.82, 2.24) is 9.47 Å². The van der Waals surface area contributed by atoms with Gasteiger partial charge < -0.3 is 39.2 Å². The largest absolute Gasteiger partial charge is 0.508 e. The Bertz CT molecular complexity index is 2500. The van der Waals surface area contributed by atoms with Crippen molar-refractivity contribution in [2.45, 2.75) is 90.5 Å². The van der Waals surface area contributed by atoms with Gasteiger partial charge in [-0.1, -0.05) is 39.8 Å². The number of nitrogens with zero attached hydrogens (tertiary/aromatic N) is 4. The Kier molecular flexibility index (Phi) is 10.5. The number of phenolic OH excluding ortho intramolecular Hbond substituents is 2. The monoisotopic (exact) mass is 816 g/mol. The number of fused-ring (bicyclic) bond motifs is 5. The van der Waals surface area contributed by atoms with Crippen LogP contribution in [0.4, 0.5) is 16.2 Å². The minimum absolute atomic E-state index is 0.00723. The Hall–Kier alpha value is -6.12. The zero-order valence-corrected chi connectivity index (χ0v) is 34.6. The van der Waals surface area contributed by atoms with Crippen LogP contribution in [0.15, 0.2) is 71.0 Å². The highest BCUT2D eigenvalue weighted by Gasteiger charge is 2.47. The second-order valence-electron chi connectivity index (χ2n) is 16.7. The minimum atomic E-state index is -1.88. The van der Waals surface area contributed by atoms with Gasteiger partial charge in [-0.25, -0.2) is 15.4 Å². The Labute approximate surface area is 348 Å². The molecule has 3 aromatic carbocycles. The van der Waals surface area contributed by atoms with Crippen molar-refractivity contribution >= 4 is 34.8 Å². The maximum atomic E-state index is 13.8. The third-order valence-corrected chi connectivity index (χ3v) is 12.9. The van der Waals surface area contributed by atoms with E-state index < -0.39 is 17.7 Å². The number of aromatic nitrogens is 1. The third kappa shape index (κ3) is 6.77. The highest BCUT2D eigenvalue weighted by atomic mass is 16.6. The fourth-order valence-electron chi connectivity index (χ4n) is 9.41. The van der Waals surface area contributed by atoms with Crippen molar-refractivity contribution in [3.05, 3.63) is 116 Å². The molecule has 1 fully saturated rings. The molecule has 1 amide bonds. The molecule has 14 heteroatoms. The number of amides is 1. The van der Waals surface area contributed by atoms with Gasteiger partial charge in [0.2, 0.25) is 0 Å². The second-order valence-corrected chi connectivity index (χ2v) is 16.7. The minimum Gasteiger partial charge on any atom is -0.508 e. The van der Waals surface area contributed by atoms with Crippen LogP contribution >= 0.6 is 0 Å². The number of anilines is 2. The molecule has 0 radical (unpaired) electrons. The molecule has 1 saturated heterocycles. The van der Waals surface area contributed by atoms with E-state index in [9.17, 15) is 29.7 Å². The van der Waals surface area contributed by atoms with Gasteiger partial charge in [0.15, 0.2) is 11.4 Å². The van der Waals surface area contributed by atoms with Crippen LogP contribution in [-0.4, -0.2) is 62.8 Å². The van der Waals surface area contributed by atoms with Gasteiger partial charge in [0.1, 0.15) is 23.9 Å². The first-order chi connectivity index (χ1) is 28.6. The lowest BCUT2D eigenvalue weighted by Crippen LogP contribution is -2.44. The highest BCUT2D eigenvalue weighted by Crippen LogP contribution is 2.50. The van der Waals surface area contributed by atoms with E-state index in [-0.39, 0.29) is 53.4 Å². The number of phenols is 2. The summed E-state index contributed by atoms with van der Waals surface area (Å²) in [6.45, 7) is 8.92. The molecule has 5 heterocycles. The van der Waals surface area contributed by atoms with Gasteiger partial charge in [-0.05, 0) is 109 Å². The maximum Gasteiger partial charge on any atom is 0.415 e. The summed E-state index contributed by atoms with van der Waals surface area (Å²) in [7, 11) is 1.97. The molecule has 6 N–H and O–H groups in total. The van der Waals surface area contributed by atoms with E-state index in [1.165, 1.54) is 11.1 Å².